The Balaban J connectivity index is 2.27. The van der Waals surface area contributed by atoms with Gasteiger partial charge in [-0.05, 0) is 25.0 Å². The number of nitrogens with zero attached hydrogens (tertiary/aromatic N) is 3. The molecule has 2 rings (SSSR count). The summed E-state index contributed by atoms with van der Waals surface area (Å²) in [6, 6.07) is 3.82. The number of carbonyl (C=O) groups excluding carboxylic acids is 1. The standard InChI is InChI=1S/C15H19N3O2/c1-5-13(12-7-6-8-16-9-12)18(4)15(19)14-10(2)17-11(3)20-14/h6-9,13H,5H2,1-4H3. The Morgan fingerprint density at radius 1 is 1.45 bits per heavy atom. The summed E-state index contributed by atoms with van der Waals surface area (Å²) in [6.45, 7) is 5.56. The summed E-state index contributed by atoms with van der Waals surface area (Å²) in [7, 11) is 1.78. The van der Waals surface area contributed by atoms with Gasteiger partial charge in [-0.2, -0.15) is 0 Å². The van der Waals surface area contributed by atoms with E-state index < -0.39 is 0 Å². The molecule has 0 aliphatic rings. The lowest BCUT2D eigenvalue weighted by Crippen LogP contribution is -2.31. The Labute approximate surface area is 118 Å². The Hall–Kier alpha value is -2.17. The minimum Gasteiger partial charge on any atom is -0.436 e. The van der Waals surface area contributed by atoms with E-state index in [9.17, 15) is 4.79 Å². The van der Waals surface area contributed by atoms with Crippen molar-refractivity contribution in [2.24, 2.45) is 0 Å². The maximum Gasteiger partial charge on any atom is 0.291 e. The van der Waals surface area contributed by atoms with E-state index in [1.807, 2.05) is 19.1 Å². The lowest BCUT2D eigenvalue weighted by Gasteiger charge is -2.26. The lowest BCUT2D eigenvalue weighted by atomic mass is 10.1. The fourth-order valence-electron chi connectivity index (χ4n) is 2.34. The van der Waals surface area contributed by atoms with Crippen LogP contribution in [0.25, 0.3) is 0 Å². The van der Waals surface area contributed by atoms with Gasteiger partial charge in [0.25, 0.3) is 5.91 Å². The molecule has 0 spiro atoms. The zero-order chi connectivity index (χ0) is 14.7. The normalized spacial score (nSPS) is 12.2. The van der Waals surface area contributed by atoms with Gasteiger partial charge in [0, 0.05) is 26.4 Å². The number of hydrogen-bond donors (Lipinski definition) is 0. The molecule has 106 valence electrons. The lowest BCUT2D eigenvalue weighted by molar-refractivity contribution is 0.0691. The highest BCUT2D eigenvalue weighted by Crippen LogP contribution is 2.24. The van der Waals surface area contributed by atoms with Crippen LogP contribution in [0.2, 0.25) is 0 Å². The van der Waals surface area contributed by atoms with E-state index in [2.05, 4.69) is 9.97 Å². The molecule has 0 fully saturated rings. The van der Waals surface area contributed by atoms with Crippen molar-refractivity contribution in [1.29, 1.82) is 0 Å². The Morgan fingerprint density at radius 2 is 2.20 bits per heavy atom. The van der Waals surface area contributed by atoms with Gasteiger partial charge in [-0.15, -0.1) is 0 Å². The highest BCUT2D eigenvalue weighted by Gasteiger charge is 2.25. The molecule has 0 aromatic carbocycles. The van der Waals surface area contributed by atoms with Crippen LogP contribution in [0.5, 0.6) is 0 Å². The molecule has 2 aromatic heterocycles. The molecule has 2 heterocycles. The minimum absolute atomic E-state index is 0.0268. The van der Waals surface area contributed by atoms with Gasteiger partial charge < -0.3 is 9.32 Å². The SMILES string of the molecule is CCC(c1cccnc1)N(C)C(=O)c1oc(C)nc1C. The largest absolute Gasteiger partial charge is 0.436 e. The van der Waals surface area contributed by atoms with Gasteiger partial charge >= 0.3 is 0 Å². The minimum atomic E-state index is -0.154. The second-order valence-electron chi connectivity index (χ2n) is 4.77. The van der Waals surface area contributed by atoms with E-state index in [0.29, 0.717) is 17.3 Å². The van der Waals surface area contributed by atoms with Crippen molar-refractivity contribution in [2.75, 3.05) is 7.05 Å². The molecule has 0 aliphatic carbocycles. The Bertz CT molecular complexity index is 592. The number of amides is 1. The van der Waals surface area contributed by atoms with E-state index in [1.165, 1.54) is 0 Å². The van der Waals surface area contributed by atoms with Gasteiger partial charge in [-0.25, -0.2) is 4.98 Å². The molecule has 5 nitrogen and oxygen atoms in total. The molecule has 0 saturated carbocycles. The third-order valence-electron chi connectivity index (χ3n) is 3.34. The zero-order valence-electron chi connectivity index (χ0n) is 12.3. The van der Waals surface area contributed by atoms with Gasteiger partial charge in [-0.3, -0.25) is 9.78 Å². The van der Waals surface area contributed by atoms with E-state index in [4.69, 9.17) is 4.42 Å². The van der Waals surface area contributed by atoms with Crippen LogP contribution in [0.15, 0.2) is 28.9 Å². The van der Waals surface area contributed by atoms with Crippen molar-refractivity contribution in [3.8, 4) is 0 Å². The second-order valence-corrected chi connectivity index (χ2v) is 4.77. The zero-order valence-corrected chi connectivity index (χ0v) is 12.3. The smallest absolute Gasteiger partial charge is 0.291 e. The molecule has 0 radical (unpaired) electrons. The topological polar surface area (TPSA) is 59.2 Å². The molecule has 20 heavy (non-hydrogen) atoms. The Morgan fingerprint density at radius 3 is 2.70 bits per heavy atom. The third-order valence-corrected chi connectivity index (χ3v) is 3.34. The average molecular weight is 273 g/mol. The molecular formula is C15H19N3O2. The molecule has 0 aliphatic heterocycles. The first kappa shape index (κ1) is 14.2. The fourth-order valence-corrected chi connectivity index (χ4v) is 2.34. The van der Waals surface area contributed by atoms with Gasteiger partial charge in [0.1, 0.15) is 0 Å². The Kier molecular flexibility index (Phi) is 4.17. The summed E-state index contributed by atoms with van der Waals surface area (Å²) in [6.07, 6.45) is 4.32. The van der Waals surface area contributed by atoms with Crippen LogP contribution in [0.1, 0.15) is 47.1 Å². The number of pyridine rings is 1. The number of rotatable bonds is 4. The summed E-state index contributed by atoms with van der Waals surface area (Å²) in [4.78, 5) is 22.5. The highest BCUT2D eigenvalue weighted by atomic mass is 16.4. The van der Waals surface area contributed by atoms with Crippen LogP contribution >= 0.6 is 0 Å². The fraction of sp³-hybridized carbons (Fsp3) is 0.400. The van der Waals surface area contributed by atoms with Crippen LogP contribution in [0.4, 0.5) is 0 Å². The molecule has 5 heteroatoms. The van der Waals surface area contributed by atoms with E-state index in [0.717, 1.165) is 12.0 Å². The first-order chi connectivity index (χ1) is 9.54. The molecule has 1 unspecified atom stereocenters. The number of oxazole rings is 1. The van der Waals surface area contributed by atoms with Crippen molar-refractivity contribution in [3.05, 3.63) is 47.4 Å². The summed E-state index contributed by atoms with van der Waals surface area (Å²) in [5.74, 6) is 0.666. The molecule has 1 atom stereocenters. The van der Waals surface area contributed by atoms with Crippen molar-refractivity contribution in [1.82, 2.24) is 14.9 Å². The number of aryl methyl sites for hydroxylation is 2. The van der Waals surface area contributed by atoms with Crippen LogP contribution in [0, 0.1) is 13.8 Å². The molecule has 1 amide bonds. The van der Waals surface area contributed by atoms with Gasteiger partial charge in [0.2, 0.25) is 5.76 Å². The van der Waals surface area contributed by atoms with Gasteiger partial charge in [-0.1, -0.05) is 13.0 Å². The number of aromatic nitrogens is 2. The maximum atomic E-state index is 12.5. The first-order valence-corrected chi connectivity index (χ1v) is 6.65. The monoisotopic (exact) mass is 273 g/mol. The van der Waals surface area contributed by atoms with Crippen molar-refractivity contribution >= 4 is 5.91 Å². The summed E-state index contributed by atoms with van der Waals surface area (Å²) >= 11 is 0. The maximum absolute atomic E-state index is 12.5. The van der Waals surface area contributed by atoms with Gasteiger partial charge in [0.05, 0.1) is 11.7 Å². The predicted octanol–water partition coefficient (Wildman–Crippen LogP) is 2.91. The summed E-state index contributed by atoms with van der Waals surface area (Å²) < 4.78 is 5.41. The molecule has 0 N–H and O–H groups in total. The van der Waals surface area contributed by atoms with Crippen molar-refractivity contribution in [2.45, 2.75) is 33.2 Å². The first-order valence-electron chi connectivity index (χ1n) is 6.65. The highest BCUT2D eigenvalue weighted by molar-refractivity contribution is 5.92. The molecule has 0 saturated heterocycles. The van der Waals surface area contributed by atoms with Crippen molar-refractivity contribution < 1.29 is 9.21 Å². The van der Waals surface area contributed by atoms with E-state index in [-0.39, 0.29) is 11.9 Å². The molecular weight excluding hydrogens is 254 g/mol. The predicted molar refractivity (Wildman–Crippen MR) is 75.3 cm³/mol. The van der Waals surface area contributed by atoms with E-state index >= 15 is 0 Å². The van der Waals surface area contributed by atoms with Crippen LogP contribution < -0.4 is 0 Å². The molecule has 2 aromatic rings. The van der Waals surface area contributed by atoms with Crippen LogP contribution in [-0.4, -0.2) is 27.8 Å². The molecule has 0 bridgehead atoms. The quantitative estimate of drug-likeness (QED) is 0.859. The number of hydrogen-bond acceptors (Lipinski definition) is 4. The summed E-state index contributed by atoms with van der Waals surface area (Å²) in [5, 5.41) is 0. The number of carbonyl (C=O) groups is 1. The van der Waals surface area contributed by atoms with Gasteiger partial charge in [0.15, 0.2) is 5.89 Å². The van der Waals surface area contributed by atoms with E-state index in [1.54, 1.807) is 38.2 Å². The second kappa shape index (κ2) is 5.86. The average Bonchev–Trinajstić information content (AvgIpc) is 2.78. The van der Waals surface area contributed by atoms with Crippen LogP contribution in [0.3, 0.4) is 0 Å². The summed E-state index contributed by atoms with van der Waals surface area (Å²) in [5.41, 5.74) is 1.64. The van der Waals surface area contributed by atoms with Crippen LogP contribution in [-0.2, 0) is 0 Å². The third kappa shape index (κ3) is 2.71. The van der Waals surface area contributed by atoms with Crippen molar-refractivity contribution in [3.63, 3.8) is 0 Å².